The van der Waals surface area contributed by atoms with Crippen LogP contribution in [0, 0.1) is 5.92 Å². The summed E-state index contributed by atoms with van der Waals surface area (Å²) in [5, 5.41) is 7.67. The minimum Gasteiger partial charge on any atom is -0.481 e. The monoisotopic (exact) mass is 321 g/mol. The molecule has 0 aliphatic heterocycles. The highest BCUT2D eigenvalue weighted by Gasteiger charge is 2.17. The third-order valence-corrected chi connectivity index (χ3v) is 3.25. The Morgan fingerprint density at radius 3 is 2.59 bits per heavy atom. The van der Waals surface area contributed by atoms with Crippen LogP contribution in [0.2, 0.25) is 5.02 Å². The molecule has 118 valence electrons. The maximum atomic E-state index is 12.2. The van der Waals surface area contributed by atoms with E-state index in [1.54, 1.807) is 48.1 Å². The molecule has 1 atom stereocenters. The highest BCUT2D eigenvalue weighted by molar-refractivity contribution is 6.30. The summed E-state index contributed by atoms with van der Waals surface area (Å²) in [6.45, 7) is 6.64. The van der Waals surface area contributed by atoms with Gasteiger partial charge in [-0.15, -0.1) is 0 Å². The molecule has 5 nitrogen and oxygen atoms in total. The van der Waals surface area contributed by atoms with Gasteiger partial charge in [0.2, 0.25) is 0 Å². The SMILES string of the molecule is CC(C)Cn1nccc1NC(=O)C(C)Oc1ccc(Cl)cc1. The maximum absolute atomic E-state index is 12.2. The second-order valence-electron chi connectivity index (χ2n) is 5.50. The van der Waals surface area contributed by atoms with Crippen molar-refractivity contribution in [1.29, 1.82) is 0 Å². The molecule has 1 unspecified atom stereocenters. The lowest BCUT2D eigenvalue weighted by molar-refractivity contribution is -0.122. The lowest BCUT2D eigenvalue weighted by Crippen LogP contribution is -2.31. The van der Waals surface area contributed by atoms with Gasteiger partial charge in [0.15, 0.2) is 6.10 Å². The number of hydrogen-bond donors (Lipinski definition) is 1. The van der Waals surface area contributed by atoms with Crippen LogP contribution in [0.4, 0.5) is 5.82 Å². The molecule has 2 aromatic rings. The average Bonchev–Trinajstić information content (AvgIpc) is 2.87. The standard InChI is InChI=1S/C16H20ClN3O2/c1-11(2)10-20-15(8-9-18-20)19-16(21)12(3)22-14-6-4-13(17)5-7-14/h4-9,11-12H,10H2,1-3H3,(H,19,21). The Morgan fingerprint density at radius 1 is 1.27 bits per heavy atom. The smallest absolute Gasteiger partial charge is 0.266 e. The van der Waals surface area contributed by atoms with E-state index in [0.717, 1.165) is 6.54 Å². The summed E-state index contributed by atoms with van der Waals surface area (Å²) in [6.07, 6.45) is 1.05. The summed E-state index contributed by atoms with van der Waals surface area (Å²) < 4.78 is 7.38. The molecule has 1 N–H and O–H groups in total. The Bertz CT molecular complexity index is 623. The Hall–Kier alpha value is -2.01. The summed E-state index contributed by atoms with van der Waals surface area (Å²) in [7, 11) is 0. The maximum Gasteiger partial charge on any atom is 0.266 e. The molecule has 1 heterocycles. The van der Waals surface area contributed by atoms with Gasteiger partial charge in [-0.05, 0) is 37.1 Å². The topological polar surface area (TPSA) is 56.2 Å². The van der Waals surface area contributed by atoms with E-state index >= 15 is 0 Å². The number of aromatic nitrogens is 2. The molecular formula is C16H20ClN3O2. The van der Waals surface area contributed by atoms with Crippen molar-refractivity contribution in [3.05, 3.63) is 41.6 Å². The second-order valence-corrected chi connectivity index (χ2v) is 5.93. The van der Waals surface area contributed by atoms with Gasteiger partial charge in [-0.2, -0.15) is 5.10 Å². The summed E-state index contributed by atoms with van der Waals surface area (Å²) in [4.78, 5) is 12.2. The summed E-state index contributed by atoms with van der Waals surface area (Å²) in [6, 6.07) is 8.68. The van der Waals surface area contributed by atoms with Gasteiger partial charge >= 0.3 is 0 Å². The molecule has 0 spiro atoms. The van der Waals surface area contributed by atoms with Crippen LogP contribution in [-0.2, 0) is 11.3 Å². The van der Waals surface area contributed by atoms with Crippen LogP contribution in [0.25, 0.3) is 0 Å². The van der Waals surface area contributed by atoms with Gasteiger partial charge in [-0.1, -0.05) is 25.4 Å². The zero-order valence-electron chi connectivity index (χ0n) is 12.9. The highest BCUT2D eigenvalue weighted by Crippen LogP contribution is 2.17. The number of amides is 1. The molecule has 0 radical (unpaired) electrons. The van der Waals surface area contributed by atoms with E-state index in [1.807, 2.05) is 0 Å². The van der Waals surface area contributed by atoms with Crippen LogP contribution in [0.1, 0.15) is 20.8 Å². The fraction of sp³-hybridized carbons (Fsp3) is 0.375. The van der Waals surface area contributed by atoms with Crippen molar-refractivity contribution >= 4 is 23.3 Å². The summed E-state index contributed by atoms with van der Waals surface area (Å²) in [5.74, 6) is 1.49. The van der Waals surface area contributed by atoms with Crippen LogP contribution in [-0.4, -0.2) is 21.8 Å². The third-order valence-electron chi connectivity index (χ3n) is 3.00. The minimum absolute atomic E-state index is 0.222. The largest absolute Gasteiger partial charge is 0.481 e. The Morgan fingerprint density at radius 2 is 1.95 bits per heavy atom. The summed E-state index contributed by atoms with van der Waals surface area (Å²) >= 11 is 5.82. The molecule has 2 rings (SSSR count). The van der Waals surface area contributed by atoms with Crippen molar-refractivity contribution in [2.45, 2.75) is 33.4 Å². The van der Waals surface area contributed by atoms with Gasteiger partial charge in [-0.25, -0.2) is 4.68 Å². The molecule has 0 fully saturated rings. The lowest BCUT2D eigenvalue weighted by Gasteiger charge is -2.16. The van der Waals surface area contributed by atoms with Crippen molar-refractivity contribution in [2.24, 2.45) is 5.92 Å². The zero-order chi connectivity index (χ0) is 16.1. The minimum atomic E-state index is -0.622. The van der Waals surface area contributed by atoms with Crippen LogP contribution < -0.4 is 10.1 Å². The van der Waals surface area contributed by atoms with Crippen molar-refractivity contribution in [2.75, 3.05) is 5.32 Å². The van der Waals surface area contributed by atoms with E-state index in [1.165, 1.54) is 0 Å². The fourth-order valence-corrected chi connectivity index (χ4v) is 2.05. The molecule has 1 aromatic heterocycles. The quantitative estimate of drug-likeness (QED) is 0.884. The number of halogens is 1. The van der Waals surface area contributed by atoms with Gasteiger partial charge in [-0.3, -0.25) is 4.79 Å². The van der Waals surface area contributed by atoms with Crippen LogP contribution in [0.5, 0.6) is 5.75 Å². The number of hydrogen-bond acceptors (Lipinski definition) is 3. The first-order chi connectivity index (χ1) is 10.5. The van der Waals surface area contributed by atoms with Gasteiger partial charge in [0.25, 0.3) is 5.91 Å². The van der Waals surface area contributed by atoms with E-state index in [2.05, 4.69) is 24.3 Å². The molecule has 0 aliphatic rings. The Balaban J connectivity index is 1.96. The molecular weight excluding hydrogens is 302 g/mol. The van der Waals surface area contributed by atoms with Crippen molar-refractivity contribution in [3.63, 3.8) is 0 Å². The number of nitrogens with zero attached hydrogens (tertiary/aromatic N) is 2. The van der Waals surface area contributed by atoms with Crippen molar-refractivity contribution in [3.8, 4) is 5.75 Å². The molecule has 22 heavy (non-hydrogen) atoms. The first kappa shape index (κ1) is 16.4. The van der Waals surface area contributed by atoms with Gasteiger partial charge in [0, 0.05) is 17.6 Å². The van der Waals surface area contributed by atoms with Gasteiger partial charge < -0.3 is 10.1 Å². The number of carbonyl (C=O) groups excluding carboxylic acids is 1. The van der Waals surface area contributed by atoms with Gasteiger partial charge in [0.1, 0.15) is 11.6 Å². The van der Waals surface area contributed by atoms with Crippen LogP contribution >= 0.6 is 11.6 Å². The molecule has 0 aliphatic carbocycles. The molecule has 1 amide bonds. The predicted octanol–water partition coefficient (Wildman–Crippen LogP) is 3.60. The van der Waals surface area contributed by atoms with E-state index < -0.39 is 6.10 Å². The van der Waals surface area contributed by atoms with Crippen molar-refractivity contribution in [1.82, 2.24) is 9.78 Å². The fourth-order valence-electron chi connectivity index (χ4n) is 1.93. The molecule has 6 heteroatoms. The number of nitrogens with one attached hydrogen (secondary N) is 1. The summed E-state index contributed by atoms with van der Waals surface area (Å²) in [5.41, 5.74) is 0. The number of carbonyl (C=O) groups is 1. The molecule has 0 saturated carbocycles. The molecule has 1 aromatic carbocycles. The number of benzene rings is 1. The third kappa shape index (κ3) is 4.49. The van der Waals surface area contributed by atoms with E-state index in [-0.39, 0.29) is 5.91 Å². The van der Waals surface area contributed by atoms with Crippen molar-refractivity contribution < 1.29 is 9.53 Å². The van der Waals surface area contributed by atoms with Crippen LogP contribution in [0.15, 0.2) is 36.5 Å². The highest BCUT2D eigenvalue weighted by atomic mass is 35.5. The Kier molecular flexibility index (Phi) is 5.44. The van der Waals surface area contributed by atoms with Crippen LogP contribution in [0.3, 0.4) is 0 Å². The predicted molar refractivity (Wildman–Crippen MR) is 87.2 cm³/mol. The lowest BCUT2D eigenvalue weighted by atomic mass is 10.2. The number of rotatable bonds is 6. The first-order valence-corrected chi connectivity index (χ1v) is 7.58. The number of ether oxygens (including phenoxy) is 1. The number of anilines is 1. The Labute approximate surface area is 135 Å². The van der Waals surface area contributed by atoms with E-state index in [0.29, 0.717) is 22.5 Å². The zero-order valence-corrected chi connectivity index (χ0v) is 13.7. The van der Waals surface area contributed by atoms with Gasteiger partial charge in [0.05, 0.1) is 6.20 Å². The van der Waals surface area contributed by atoms with E-state index in [9.17, 15) is 4.79 Å². The average molecular weight is 322 g/mol. The second kappa shape index (κ2) is 7.31. The first-order valence-electron chi connectivity index (χ1n) is 7.20. The van der Waals surface area contributed by atoms with E-state index in [4.69, 9.17) is 16.3 Å². The molecule has 0 saturated heterocycles. The normalized spacial score (nSPS) is 12.2. The molecule has 0 bridgehead atoms.